The number of benzene rings is 4. The molecule has 0 aliphatic carbocycles. The van der Waals surface area contributed by atoms with E-state index in [0.29, 0.717) is 5.56 Å². The fourth-order valence-corrected chi connectivity index (χ4v) is 4.10. The summed E-state index contributed by atoms with van der Waals surface area (Å²) in [7, 11) is 0. The van der Waals surface area contributed by atoms with E-state index in [0.717, 1.165) is 47.2 Å². The van der Waals surface area contributed by atoms with Crippen molar-refractivity contribution >= 4 is 0 Å². The van der Waals surface area contributed by atoms with Crippen LogP contribution >= 0.6 is 0 Å². The molecule has 0 aliphatic rings. The molecule has 0 aliphatic heterocycles. The Balaban J connectivity index is 1.58. The third-order valence-corrected chi connectivity index (χ3v) is 6.20. The van der Waals surface area contributed by atoms with Crippen molar-refractivity contribution in [2.75, 3.05) is 0 Å². The first-order valence-corrected chi connectivity index (χ1v) is 12.1. The average Bonchev–Trinajstić information content (AvgIpc) is 2.89. The fraction of sp³-hybridized carbons (Fsp3) is 0.188. The molecule has 0 spiro atoms. The quantitative estimate of drug-likeness (QED) is 0.145. The molecule has 0 saturated heterocycles. The van der Waals surface area contributed by atoms with Gasteiger partial charge in [0.15, 0.2) is 17.5 Å². The molecule has 0 radical (unpaired) electrons. The molecule has 0 atom stereocenters. The van der Waals surface area contributed by atoms with Crippen molar-refractivity contribution in [1.29, 1.82) is 0 Å². The Morgan fingerprint density at radius 2 is 1.28 bits per heavy atom. The molecule has 0 saturated carbocycles. The van der Waals surface area contributed by atoms with Crippen molar-refractivity contribution in [3.63, 3.8) is 0 Å². The first-order chi connectivity index (χ1) is 17.4. The summed E-state index contributed by atoms with van der Waals surface area (Å²) >= 11 is 0. The number of rotatable bonds is 6. The lowest BCUT2D eigenvalue weighted by atomic mass is 9.95. The summed E-state index contributed by atoms with van der Waals surface area (Å²) in [5, 5.41) is 0. The lowest BCUT2D eigenvalue weighted by Gasteiger charge is -2.10. The summed E-state index contributed by atoms with van der Waals surface area (Å²) in [6.07, 6.45) is 4.17. The number of aryl methyl sites for hydroxylation is 2. The predicted molar refractivity (Wildman–Crippen MR) is 138 cm³/mol. The zero-order valence-electron chi connectivity index (χ0n) is 20.3. The van der Waals surface area contributed by atoms with Crippen LogP contribution in [0.25, 0.3) is 22.3 Å². The van der Waals surface area contributed by atoms with Crippen molar-refractivity contribution < 1.29 is 17.6 Å². The van der Waals surface area contributed by atoms with Crippen LogP contribution in [-0.2, 0) is 12.8 Å². The maximum Gasteiger partial charge on any atom is 0.194 e. The SMILES string of the molecule is CCCCc1ccc(C#Cc2ccc(-c3ccc(-c4cc(F)c(F)c(F)c4)c(F)c3)cc2CC)cc1. The van der Waals surface area contributed by atoms with Crippen LogP contribution in [0.5, 0.6) is 0 Å². The number of unbranched alkanes of at least 4 members (excludes halogenated alkanes) is 1. The van der Waals surface area contributed by atoms with Crippen molar-refractivity contribution in [3.05, 3.63) is 118 Å². The van der Waals surface area contributed by atoms with Crippen LogP contribution in [0.3, 0.4) is 0 Å². The highest BCUT2D eigenvalue weighted by molar-refractivity contribution is 5.72. The molecule has 0 heterocycles. The second kappa shape index (κ2) is 11.3. The molecule has 0 bridgehead atoms. The van der Waals surface area contributed by atoms with Gasteiger partial charge in [0.1, 0.15) is 5.82 Å². The molecule has 0 N–H and O–H groups in total. The van der Waals surface area contributed by atoms with Gasteiger partial charge in [0.2, 0.25) is 0 Å². The molecule has 0 amide bonds. The van der Waals surface area contributed by atoms with Crippen LogP contribution in [-0.4, -0.2) is 0 Å². The maximum atomic E-state index is 14.9. The van der Waals surface area contributed by atoms with E-state index in [2.05, 4.69) is 30.9 Å². The van der Waals surface area contributed by atoms with Gasteiger partial charge in [-0.25, -0.2) is 17.6 Å². The van der Waals surface area contributed by atoms with Crippen LogP contribution in [0.2, 0.25) is 0 Å². The molecule has 0 fully saturated rings. The largest absolute Gasteiger partial charge is 0.206 e. The van der Waals surface area contributed by atoms with E-state index in [1.54, 1.807) is 6.07 Å². The standard InChI is InChI=1S/C32H26F4/c1-3-5-6-21-7-9-22(10-8-21)11-12-24-13-14-25(17-23(24)4-2)26-15-16-28(29(33)18-26)27-19-30(34)32(36)31(35)20-27/h7-10,13-20H,3-6H2,1-2H3. The van der Waals surface area contributed by atoms with Crippen molar-refractivity contribution in [2.24, 2.45) is 0 Å². The van der Waals surface area contributed by atoms with Gasteiger partial charge in [0, 0.05) is 16.7 Å². The highest BCUT2D eigenvalue weighted by Gasteiger charge is 2.15. The Morgan fingerprint density at radius 1 is 0.639 bits per heavy atom. The summed E-state index contributed by atoms with van der Waals surface area (Å²) in [5.41, 5.74) is 5.57. The number of hydrogen-bond donors (Lipinski definition) is 0. The molecule has 36 heavy (non-hydrogen) atoms. The van der Waals surface area contributed by atoms with E-state index in [1.165, 1.54) is 30.5 Å². The van der Waals surface area contributed by atoms with E-state index in [1.807, 2.05) is 37.3 Å². The Kier molecular flexibility index (Phi) is 7.90. The summed E-state index contributed by atoms with van der Waals surface area (Å²) in [6, 6.07) is 20.1. The molecule has 4 rings (SSSR count). The molecule has 4 aromatic rings. The van der Waals surface area contributed by atoms with Gasteiger partial charge in [0.25, 0.3) is 0 Å². The normalized spacial score (nSPS) is 10.7. The topological polar surface area (TPSA) is 0 Å². The first kappa shape index (κ1) is 25.3. The minimum Gasteiger partial charge on any atom is -0.206 e. The zero-order chi connectivity index (χ0) is 25.7. The summed E-state index contributed by atoms with van der Waals surface area (Å²) in [6.45, 7) is 4.22. The van der Waals surface area contributed by atoms with Gasteiger partial charge in [-0.3, -0.25) is 0 Å². The molecular weight excluding hydrogens is 460 g/mol. The van der Waals surface area contributed by atoms with Crippen molar-refractivity contribution in [3.8, 4) is 34.1 Å². The Hall–Kier alpha value is -3.84. The van der Waals surface area contributed by atoms with Gasteiger partial charge in [-0.2, -0.15) is 0 Å². The van der Waals surface area contributed by atoms with Gasteiger partial charge in [-0.1, -0.05) is 62.4 Å². The van der Waals surface area contributed by atoms with Crippen LogP contribution in [0.15, 0.2) is 72.8 Å². The number of hydrogen-bond acceptors (Lipinski definition) is 0. The minimum absolute atomic E-state index is 0.00420. The lowest BCUT2D eigenvalue weighted by molar-refractivity contribution is 0.447. The minimum atomic E-state index is -1.57. The van der Waals surface area contributed by atoms with E-state index in [9.17, 15) is 17.6 Å². The third kappa shape index (κ3) is 5.69. The maximum absolute atomic E-state index is 14.9. The summed E-state index contributed by atoms with van der Waals surface area (Å²) in [4.78, 5) is 0. The van der Waals surface area contributed by atoms with E-state index < -0.39 is 23.3 Å². The van der Waals surface area contributed by atoms with Gasteiger partial charge < -0.3 is 0 Å². The van der Waals surface area contributed by atoms with E-state index in [4.69, 9.17) is 0 Å². The smallest absolute Gasteiger partial charge is 0.194 e. The number of halogens is 4. The van der Waals surface area contributed by atoms with Crippen LogP contribution < -0.4 is 0 Å². The zero-order valence-corrected chi connectivity index (χ0v) is 20.3. The summed E-state index contributed by atoms with van der Waals surface area (Å²) in [5.74, 6) is 1.54. The monoisotopic (exact) mass is 486 g/mol. The van der Waals surface area contributed by atoms with Gasteiger partial charge >= 0.3 is 0 Å². The van der Waals surface area contributed by atoms with E-state index in [-0.39, 0.29) is 11.1 Å². The second-order valence-electron chi connectivity index (χ2n) is 8.72. The lowest BCUT2D eigenvalue weighted by Crippen LogP contribution is -1.94. The highest BCUT2D eigenvalue weighted by Crippen LogP contribution is 2.30. The predicted octanol–water partition coefficient (Wildman–Crippen LogP) is 8.88. The highest BCUT2D eigenvalue weighted by atomic mass is 19.2. The molecule has 4 heteroatoms. The molecular formula is C32H26F4. The molecule has 0 unspecified atom stereocenters. The fourth-order valence-electron chi connectivity index (χ4n) is 4.10. The van der Waals surface area contributed by atoms with Crippen LogP contribution in [0, 0.1) is 35.1 Å². The Labute approximate surface area is 209 Å². The average molecular weight is 487 g/mol. The Morgan fingerprint density at radius 3 is 1.92 bits per heavy atom. The third-order valence-electron chi connectivity index (χ3n) is 6.20. The molecule has 0 aromatic heterocycles. The van der Waals surface area contributed by atoms with Gasteiger partial charge in [-0.05, 0) is 89.5 Å². The van der Waals surface area contributed by atoms with Crippen molar-refractivity contribution in [1.82, 2.24) is 0 Å². The van der Waals surface area contributed by atoms with E-state index >= 15 is 0 Å². The summed E-state index contributed by atoms with van der Waals surface area (Å²) < 4.78 is 55.4. The van der Waals surface area contributed by atoms with Crippen LogP contribution in [0.4, 0.5) is 17.6 Å². The second-order valence-corrected chi connectivity index (χ2v) is 8.72. The Bertz CT molecular complexity index is 1420. The molecule has 182 valence electrons. The van der Waals surface area contributed by atoms with Gasteiger partial charge in [-0.15, -0.1) is 0 Å². The molecule has 0 nitrogen and oxygen atoms in total. The van der Waals surface area contributed by atoms with Crippen LogP contribution in [0.1, 0.15) is 48.9 Å². The van der Waals surface area contributed by atoms with Crippen molar-refractivity contribution in [2.45, 2.75) is 39.5 Å². The molecule has 4 aromatic carbocycles. The first-order valence-electron chi connectivity index (χ1n) is 12.1. The van der Waals surface area contributed by atoms with Gasteiger partial charge in [0.05, 0.1) is 0 Å².